The summed E-state index contributed by atoms with van der Waals surface area (Å²) in [6.45, 7) is 0. The smallest absolute Gasteiger partial charge is 0.237 e. The number of rotatable bonds is 5. The Kier molecular flexibility index (Phi) is 3.77. The van der Waals surface area contributed by atoms with Crippen LogP contribution in [0.15, 0.2) is 17.3 Å². The lowest BCUT2D eigenvalue weighted by molar-refractivity contribution is -0.125. The van der Waals surface area contributed by atoms with E-state index < -0.39 is 5.54 Å². The Balaban J connectivity index is 1.68. The van der Waals surface area contributed by atoms with Crippen molar-refractivity contribution in [2.75, 3.05) is 0 Å². The highest BCUT2D eigenvalue weighted by Gasteiger charge is 2.44. The lowest BCUT2D eigenvalue weighted by atomic mass is 9.80. The molecule has 2 saturated carbocycles. The van der Waals surface area contributed by atoms with Gasteiger partial charge in [0.1, 0.15) is 0 Å². The number of carbonyl (C=O) groups excluding carboxylic acids is 1. The van der Waals surface area contributed by atoms with Gasteiger partial charge in [0.05, 0.1) is 11.7 Å². The summed E-state index contributed by atoms with van der Waals surface area (Å²) in [6.07, 6.45) is 10.2. The van der Waals surface area contributed by atoms with Gasteiger partial charge >= 0.3 is 0 Å². The Labute approximate surface area is 123 Å². The van der Waals surface area contributed by atoms with Crippen LogP contribution in [0.5, 0.6) is 0 Å². The van der Waals surface area contributed by atoms with Crippen molar-refractivity contribution in [3.05, 3.63) is 12.4 Å². The van der Waals surface area contributed by atoms with E-state index in [1.807, 2.05) is 35.9 Å². The van der Waals surface area contributed by atoms with Crippen LogP contribution in [0.4, 0.5) is 0 Å². The average Bonchev–Trinajstić information content (AvgIpc) is 3.11. The molecule has 5 nitrogen and oxygen atoms in total. The van der Waals surface area contributed by atoms with Crippen LogP contribution in [0, 0.1) is 0 Å². The second kappa shape index (κ2) is 5.41. The van der Waals surface area contributed by atoms with Crippen molar-refractivity contribution < 1.29 is 4.79 Å². The average molecular weight is 294 g/mol. The minimum absolute atomic E-state index is 0.180. The minimum Gasteiger partial charge on any atom is -0.368 e. The van der Waals surface area contributed by atoms with Crippen LogP contribution < -0.4 is 11.1 Å². The number of aromatic nitrogens is 2. The molecule has 2 atom stereocenters. The molecule has 6 heteroatoms. The van der Waals surface area contributed by atoms with Gasteiger partial charge in [0.15, 0.2) is 0 Å². The van der Waals surface area contributed by atoms with E-state index in [2.05, 4.69) is 10.4 Å². The number of aryl methyl sites for hydroxylation is 1. The minimum atomic E-state index is -0.487. The molecule has 0 aliphatic heterocycles. The van der Waals surface area contributed by atoms with E-state index >= 15 is 0 Å². The van der Waals surface area contributed by atoms with E-state index in [9.17, 15) is 4.79 Å². The lowest BCUT2D eigenvalue weighted by Gasteiger charge is -2.39. The van der Waals surface area contributed by atoms with Gasteiger partial charge < -0.3 is 11.1 Å². The number of nitrogens with two attached hydrogens (primary N) is 1. The monoisotopic (exact) mass is 294 g/mol. The van der Waals surface area contributed by atoms with Gasteiger partial charge in [-0.1, -0.05) is 0 Å². The van der Waals surface area contributed by atoms with Gasteiger partial charge in [-0.3, -0.25) is 9.48 Å². The number of nitrogens with one attached hydrogen (secondary N) is 1. The molecular weight excluding hydrogens is 272 g/mol. The number of hydrogen-bond acceptors (Lipinski definition) is 4. The molecule has 2 unspecified atom stereocenters. The van der Waals surface area contributed by atoms with Crippen LogP contribution in [-0.4, -0.2) is 32.5 Å². The van der Waals surface area contributed by atoms with Crippen molar-refractivity contribution in [2.45, 2.75) is 60.3 Å². The number of primary amides is 1. The van der Waals surface area contributed by atoms with E-state index in [4.69, 9.17) is 5.73 Å². The first kappa shape index (κ1) is 13.9. The van der Waals surface area contributed by atoms with E-state index in [1.165, 1.54) is 17.7 Å². The second-order valence-corrected chi connectivity index (χ2v) is 7.42. The van der Waals surface area contributed by atoms with E-state index in [1.54, 1.807) is 0 Å². The fraction of sp³-hybridized carbons (Fsp3) is 0.714. The zero-order valence-corrected chi connectivity index (χ0v) is 12.7. The zero-order chi connectivity index (χ0) is 14.2. The highest BCUT2D eigenvalue weighted by Crippen LogP contribution is 2.39. The predicted octanol–water partition coefficient (Wildman–Crippen LogP) is 1.43. The third-order valence-corrected chi connectivity index (χ3v) is 5.44. The first-order chi connectivity index (χ1) is 9.57. The fourth-order valence-electron chi connectivity index (χ4n) is 3.02. The van der Waals surface area contributed by atoms with Crippen molar-refractivity contribution >= 4 is 17.7 Å². The largest absolute Gasteiger partial charge is 0.368 e. The highest BCUT2D eigenvalue weighted by atomic mass is 32.2. The first-order valence-electron chi connectivity index (χ1n) is 7.30. The summed E-state index contributed by atoms with van der Waals surface area (Å²) in [6, 6.07) is 0.504. The van der Waals surface area contributed by atoms with Crippen LogP contribution in [0.1, 0.15) is 38.5 Å². The van der Waals surface area contributed by atoms with Crippen LogP contribution in [-0.2, 0) is 11.8 Å². The van der Waals surface area contributed by atoms with Crippen LogP contribution in [0.3, 0.4) is 0 Å². The molecule has 0 radical (unpaired) electrons. The Morgan fingerprint density at radius 1 is 1.55 bits per heavy atom. The summed E-state index contributed by atoms with van der Waals surface area (Å²) < 4.78 is 1.81. The molecule has 0 bridgehead atoms. The molecule has 3 rings (SSSR count). The van der Waals surface area contributed by atoms with Gasteiger partial charge in [0.2, 0.25) is 5.91 Å². The highest BCUT2D eigenvalue weighted by molar-refractivity contribution is 8.00. The van der Waals surface area contributed by atoms with E-state index in [0.29, 0.717) is 11.3 Å². The quantitative estimate of drug-likeness (QED) is 0.861. The summed E-state index contributed by atoms with van der Waals surface area (Å²) in [5.74, 6) is -0.180. The SMILES string of the molecule is Cn1cc(SC2CCCC(NC3CC3)(C(N)=O)C2)cn1. The number of nitrogens with zero attached hydrogens (tertiary/aromatic N) is 2. The maximum Gasteiger partial charge on any atom is 0.237 e. The molecule has 20 heavy (non-hydrogen) atoms. The zero-order valence-electron chi connectivity index (χ0n) is 11.8. The Bertz CT molecular complexity index is 499. The summed E-state index contributed by atoms with van der Waals surface area (Å²) in [5.41, 5.74) is 5.22. The third kappa shape index (κ3) is 3.01. The van der Waals surface area contributed by atoms with Crippen molar-refractivity contribution in [1.29, 1.82) is 0 Å². The maximum atomic E-state index is 12.0. The molecule has 2 aliphatic rings. The van der Waals surface area contributed by atoms with Gasteiger partial charge in [-0.2, -0.15) is 5.10 Å². The van der Waals surface area contributed by atoms with Gasteiger partial charge in [0, 0.05) is 29.4 Å². The standard InChI is InChI=1S/C14H22N4OS/c1-18-9-12(8-16-18)20-11-3-2-6-14(7-11,13(15)19)17-10-4-5-10/h8-11,17H,2-7H2,1H3,(H2,15,19). The molecule has 1 aromatic heterocycles. The van der Waals surface area contributed by atoms with Crippen molar-refractivity contribution in [2.24, 2.45) is 12.8 Å². The predicted molar refractivity (Wildman–Crippen MR) is 79.4 cm³/mol. The number of carbonyl (C=O) groups is 1. The van der Waals surface area contributed by atoms with Crippen LogP contribution in [0.25, 0.3) is 0 Å². The normalized spacial score (nSPS) is 30.4. The Morgan fingerprint density at radius 3 is 2.95 bits per heavy atom. The molecule has 1 heterocycles. The van der Waals surface area contributed by atoms with Crippen LogP contribution in [0.2, 0.25) is 0 Å². The van der Waals surface area contributed by atoms with Crippen LogP contribution >= 0.6 is 11.8 Å². The Hall–Kier alpha value is -1.01. The van der Waals surface area contributed by atoms with Gasteiger partial charge in [-0.15, -0.1) is 11.8 Å². The van der Waals surface area contributed by atoms with Crippen molar-refractivity contribution in [1.82, 2.24) is 15.1 Å². The fourth-order valence-corrected chi connectivity index (χ4v) is 4.38. The lowest BCUT2D eigenvalue weighted by Crippen LogP contribution is -2.59. The molecule has 1 aromatic rings. The summed E-state index contributed by atoms with van der Waals surface area (Å²) in [5, 5.41) is 8.16. The number of hydrogen-bond donors (Lipinski definition) is 2. The van der Waals surface area contributed by atoms with Gasteiger partial charge in [-0.05, 0) is 38.5 Å². The Morgan fingerprint density at radius 2 is 2.35 bits per heavy atom. The van der Waals surface area contributed by atoms with E-state index in [-0.39, 0.29) is 5.91 Å². The summed E-state index contributed by atoms with van der Waals surface area (Å²) >= 11 is 1.82. The maximum absolute atomic E-state index is 12.0. The topological polar surface area (TPSA) is 72.9 Å². The number of amides is 1. The molecule has 1 amide bonds. The summed E-state index contributed by atoms with van der Waals surface area (Å²) in [4.78, 5) is 13.1. The summed E-state index contributed by atoms with van der Waals surface area (Å²) in [7, 11) is 1.92. The second-order valence-electron chi connectivity index (χ2n) is 6.05. The van der Waals surface area contributed by atoms with Gasteiger partial charge in [-0.25, -0.2) is 0 Å². The van der Waals surface area contributed by atoms with E-state index in [0.717, 1.165) is 25.7 Å². The molecule has 3 N–H and O–H groups in total. The molecule has 0 saturated heterocycles. The van der Waals surface area contributed by atoms with Gasteiger partial charge in [0.25, 0.3) is 0 Å². The third-order valence-electron chi connectivity index (χ3n) is 4.22. The molecule has 0 aromatic carbocycles. The molecule has 2 aliphatic carbocycles. The van der Waals surface area contributed by atoms with Crippen molar-refractivity contribution in [3.63, 3.8) is 0 Å². The first-order valence-corrected chi connectivity index (χ1v) is 8.18. The number of thioether (sulfide) groups is 1. The molecule has 0 spiro atoms. The molecule has 110 valence electrons. The molecule has 2 fully saturated rings. The van der Waals surface area contributed by atoms with Crippen molar-refractivity contribution in [3.8, 4) is 0 Å². The molecular formula is C14H22N4OS.